The number of carbonyl (C=O) groups is 1. The van der Waals surface area contributed by atoms with Gasteiger partial charge < -0.3 is 15.4 Å². The second-order valence-electron chi connectivity index (χ2n) is 10.3. The number of aromatic nitrogens is 1. The van der Waals surface area contributed by atoms with E-state index < -0.39 is 6.10 Å². The molecule has 0 radical (unpaired) electrons. The average Bonchev–Trinajstić information content (AvgIpc) is 3.51. The van der Waals surface area contributed by atoms with E-state index in [-0.39, 0.29) is 23.3 Å². The minimum atomic E-state index is -0.707. The fourth-order valence-electron chi connectivity index (χ4n) is 5.73. The van der Waals surface area contributed by atoms with Gasteiger partial charge in [-0.05, 0) is 93.4 Å². The molecule has 33 heavy (non-hydrogen) atoms. The van der Waals surface area contributed by atoms with Gasteiger partial charge in [-0.15, -0.1) is 0 Å². The molecule has 1 amide bonds. The van der Waals surface area contributed by atoms with Gasteiger partial charge in [0.1, 0.15) is 0 Å². The van der Waals surface area contributed by atoms with Crippen LogP contribution in [0.15, 0.2) is 55.3 Å². The zero-order chi connectivity index (χ0) is 23.6. The molecular formula is C29H38N2O2. The smallest absolute Gasteiger partial charge is 0.223 e. The third-order valence-corrected chi connectivity index (χ3v) is 8.01. The first-order valence-electron chi connectivity index (χ1n) is 12.4. The molecule has 4 atom stereocenters. The topological polar surface area (TPSA) is 65.1 Å². The highest BCUT2D eigenvalue weighted by Gasteiger charge is 2.53. The van der Waals surface area contributed by atoms with Crippen LogP contribution >= 0.6 is 0 Å². The first-order valence-corrected chi connectivity index (χ1v) is 12.4. The van der Waals surface area contributed by atoms with E-state index >= 15 is 0 Å². The monoisotopic (exact) mass is 446 g/mol. The van der Waals surface area contributed by atoms with Crippen LogP contribution in [0.2, 0.25) is 0 Å². The van der Waals surface area contributed by atoms with Crippen molar-refractivity contribution >= 4 is 11.5 Å². The standard InChI is InChI=1S/C29H38N2O2/c1-5-6-25(24-14-18-30-20(24)3)22-11-12-26(29(15-13-22)16-17-29)28(33)31-21(4)27(32)23-9-7-19(2)8-10-23/h5-10,14,18,21-22,26-27,30,32H,1,11-13,15-17H2,2-4H3,(H,31,33)/b25-6-/t21-,22?,26+,27-/m0/s1. The highest BCUT2D eigenvalue weighted by atomic mass is 16.3. The lowest BCUT2D eigenvalue weighted by Crippen LogP contribution is -2.43. The van der Waals surface area contributed by atoms with E-state index in [4.69, 9.17) is 0 Å². The summed E-state index contributed by atoms with van der Waals surface area (Å²) in [7, 11) is 0. The van der Waals surface area contributed by atoms with Gasteiger partial charge in [-0.25, -0.2) is 0 Å². The quantitative estimate of drug-likeness (QED) is 0.455. The molecule has 2 fully saturated rings. The Kier molecular flexibility index (Phi) is 6.94. The Morgan fingerprint density at radius 2 is 1.88 bits per heavy atom. The molecule has 4 heteroatoms. The molecule has 1 aromatic carbocycles. The summed E-state index contributed by atoms with van der Waals surface area (Å²) >= 11 is 0. The number of aromatic amines is 1. The van der Waals surface area contributed by atoms with Crippen LogP contribution < -0.4 is 5.32 Å². The van der Waals surface area contributed by atoms with Gasteiger partial charge in [0.2, 0.25) is 5.91 Å². The Bertz CT molecular complexity index is 1010. The zero-order valence-corrected chi connectivity index (χ0v) is 20.2. The SMILES string of the molecule is C=C/C=C(\c1cc[nH]c1C)C1CC[C@H](C(=O)N[C@@H](C)[C@H](O)c2ccc(C)cc2)C2(CC1)CC2. The molecule has 1 unspecified atom stereocenters. The normalized spacial score (nSPS) is 24.1. The van der Waals surface area contributed by atoms with E-state index in [0.29, 0.717) is 5.92 Å². The Hall–Kier alpha value is -2.59. The number of amides is 1. The molecule has 2 aliphatic carbocycles. The fraction of sp³-hybridized carbons (Fsp3) is 0.483. The van der Waals surface area contributed by atoms with Gasteiger partial charge in [0.25, 0.3) is 0 Å². The van der Waals surface area contributed by atoms with Crippen LogP contribution in [0.5, 0.6) is 0 Å². The molecule has 2 aromatic rings. The molecule has 0 saturated heterocycles. The highest BCUT2D eigenvalue weighted by molar-refractivity contribution is 5.80. The molecule has 0 bridgehead atoms. The van der Waals surface area contributed by atoms with Gasteiger partial charge in [-0.1, -0.05) is 48.6 Å². The molecule has 3 N–H and O–H groups in total. The van der Waals surface area contributed by atoms with Crippen LogP contribution in [0.25, 0.3) is 5.57 Å². The number of aliphatic hydroxyl groups excluding tert-OH is 1. The van der Waals surface area contributed by atoms with Gasteiger partial charge >= 0.3 is 0 Å². The van der Waals surface area contributed by atoms with Crippen molar-refractivity contribution in [2.24, 2.45) is 17.3 Å². The van der Waals surface area contributed by atoms with Crippen molar-refractivity contribution in [2.45, 2.75) is 71.4 Å². The van der Waals surface area contributed by atoms with Crippen LogP contribution in [0.3, 0.4) is 0 Å². The summed E-state index contributed by atoms with van der Waals surface area (Å²) in [5, 5.41) is 14.0. The van der Waals surface area contributed by atoms with Gasteiger partial charge in [0, 0.05) is 17.8 Å². The summed E-state index contributed by atoms with van der Waals surface area (Å²) in [4.78, 5) is 16.7. The van der Waals surface area contributed by atoms with Gasteiger partial charge in [0.05, 0.1) is 12.1 Å². The lowest BCUT2D eigenvalue weighted by Gasteiger charge is -2.27. The number of hydrogen-bond donors (Lipinski definition) is 3. The molecule has 1 spiro atoms. The predicted molar refractivity (Wildman–Crippen MR) is 135 cm³/mol. The average molecular weight is 447 g/mol. The molecule has 2 aliphatic rings. The molecule has 2 saturated carbocycles. The maximum atomic E-state index is 13.4. The highest BCUT2D eigenvalue weighted by Crippen LogP contribution is 2.60. The molecule has 4 rings (SSSR count). The third-order valence-electron chi connectivity index (χ3n) is 8.01. The third kappa shape index (κ3) is 5.01. The van der Waals surface area contributed by atoms with Crippen molar-refractivity contribution in [1.29, 1.82) is 0 Å². The second-order valence-corrected chi connectivity index (χ2v) is 10.3. The number of rotatable bonds is 7. The van der Waals surface area contributed by atoms with Crippen LogP contribution in [0, 0.1) is 31.1 Å². The van der Waals surface area contributed by atoms with E-state index in [2.05, 4.69) is 35.9 Å². The summed E-state index contributed by atoms with van der Waals surface area (Å²) in [6, 6.07) is 9.71. The molecule has 1 aromatic heterocycles. The van der Waals surface area contributed by atoms with Crippen molar-refractivity contribution in [2.75, 3.05) is 0 Å². The van der Waals surface area contributed by atoms with Crippen molar-refractivity contribution in [3.63, 3.8) is 0 Å². The predicted octanol–water partition coefficient (Wildman–Crippen LogP) is 6.03. The van der Waals surface area contributed by atoms with Gasteiger partial charge in [-0.2, -0.15) is 0 Å². The number of hydrogen-bond acceptors (Lipinski definition) is 2. The maximum absolute atomic E-state index is 13.4. The first kappa shape index (κ1) is 23.6. The van der Waals surface area contributed by atoms with Crippen molar-refractivity contribution < 1.29 is 9.90 Å². The Morgan fingerprint density at radius 3 is 2.48 bits per heavy atom. The van der Waals surface area contributed by atoms with Gasteiger partial charge in [0.15, 0.2) is 0 Å². The van der Waals surface area contributed by atoms with Crippen LogP contribution in [-0.2, 0) is 4.79 Å². The van der Waals surface area contributed by atoms with E-state index in [0.717, 1.165) is 49.7 Å². The van der Waals surface area contributed by atoms with E-state index in [1.54, 1.807) is 0 Å². The van der Waals surface area contributed by atoms with Crippen LogP contribution in [0.1, 0.15) is 73.9 Å². The summed E-state index contributed by atoms with van der Waals surface area (Å²) in [6.07, 6.45) is 11.7. The number of allylic oxidation sites excluding steroid dienone is 3. The molecular weight excluding hydrogens is 408 g/mol. The molecule has 176 valence electrons. The largest absolute Gasteiger partial charge is 0.386 e. The van der Waals surface area contributed by atoms with Crippen LogP contribution in [-0.4, -0.2) is 22.0 Å². The van der Waals surface area contributed by atoms with Crippen molar-refractivity contribution in [3.8, 4) is 0 Å². The van der Waals surface area contributed by atoms with E-state index in [1.165, 1.54) is 16.8 Å². The fourth-order valence-corrected chi connectivity index (χ4v) is 5.73. The van der Waals surface area contributed by atoms with E-state index in [9.17, 15) is 9.90 Å². The summed E-state index contributed by atoms with van der Waals surface area (Å²) < 4.78 is 0. The van der Waals surface area contributed by atoms with Gasteiger partial charge in [-0.3, -0.25) is 4.79 Å². The zero-order valence-electron chi connectivity index (χ0n) is 20.2. The molecule has 0 aliphatic heterocycles. The summed E-state index contributed by atoms with van der Waals surface area (Å²) in [6.45, 7) is 9.99. The molecule has 4 nitrogen and oxygen atoms in total. The number of benzene rings is 1. The van der Waals surface area contributed by atoms with Crippen LogP contribution in [0.4, 0.5) is 0 Å². The lowest BCUT2D eigenvalue weighted by atomic mass is 9.83. The molecule has 1 heterocycles. The van der Waals surface area contributed by atoms with E-state index in [1.807, 2.05) is 50.4 Å². The first-order chi connectivity index (χ1) is 15.8. The number of carbonyl (C=O) groups excluding carboxylic acids is 1. The second kappa shape index (κ2) is 9.72. The number of nitrogens with one attached hydrogen (secondary N) is 2. The lowest BCUT2D eigenvalue weighted by molar-refractivity contribution is -0.129. The Labute approximate surface area is 198 Å². The van der Waals surface area contributed by atoms with Crippen molar-refractivity contribution in [3.05, 3.63) is 77.6 Å². The number of H-pyrrole nitrogens is 1. The Balaban J connectivity index is 1.46. The Morgan fingerprint density at radius 1 is 1.15 bits per heavy atom. The number of aliphatic hydroxyl groups is 1. The summed E-state index contributed by atoms with van der Waals surface area (Å²) in [5.41, 5.74) is 5.93. The number of aryl methyl sites for hydroxylation is 2. The van der Waals surface area contributed by atoms with Crippen molar-refractivity contribution in [1.82, 2.24) is 10.3 Å². The minimum absolute atomic E-state index is 0.0208. The minimum Gasteiger partial charge on any atom is -0.386 e. The maximum Gasteiger partial charge on any atom is 0.223 e. The summed E-state index contributed by atoms with van der Waals surface area (Å²) in [5.74, 6) is 0.565.